The smallest absolute Gasteiger partial charge is 0.270 e. The monoisotopic (exact) mass is 334 g/mol. The van der Waals surface area contributed by atoms with E-state index in [1.165, 1.54) is 0 Å². The van der Waals surface area contributed by atoms with Gasteiger partial charge in [-0.2, -0.15) is 0 Å². The predicted molar refractivity (Wildman–Crippen MR) is 90.7 cm³/mol. The summed E-state index contributed by atoms with van der Waals surface area (Å²) in [5.74, 6) is 0.0277. The number of carbonyl (C=O) groups is 1. The second kappa shape index (κ2) is 6.82. The third kappa shape index (κ3) is 3.80. The van der Waals surface area contributed by atoms with Gasteiger partial charge in [-0.05, 0) is 19.9 Å². The number of piperazine rings is 1. The van der Waals surface area contributed by atoms with Crippen LogP contribution in [0.4, 0.5) is 0 Å². The highest BCUT2D eigenvalue weighted by Crippen LogP contribution is 2.23. The molecule has 2 aromatic rings. The Hall–Kier alpha value is -1.70. The van der Waals surface area contributed by atoms with Crippen molar-refractivity contribution in [2.75, 3.05) is 32.7 Å². The van der Waals surface area contributed by atoms with Crippen molar-refractivity contribution in [1.29, 1.82) is 0 Å². The maximum Gasteiger partial charge on any atom is 0.270 e. The van der Waals surface area contributed by atoms with Crippen LogP contribution < -0.4 is 0 Å². The number of aromatic nitrogens is 2. The van der Waals surface area contributed by atoms with E-state index in [2.05, 4.69) is 14.9 Å². The first-order valence-electron chi connectivity index (χ1n) is 7.83. The fraction of sp³-hybridized carbons (Fsp3) is 0.500. The number of aliphatic hydroxyl groups excluding tert-OH is 1. The van der Waals surface area contributed by atoms with Crippen LogP contribution in [0.3, 0.4) is 0 Å². The molecule has 124 valence electrons. The van der Waals surface area contributed by atoms with Gasteiger partial charge in [-0.15, -0.1) is 11.3 Å². The van der Waals surface area contributed by atoms with E-state index in [9.17, 15) is 9.90 Å². The molecule has 3 rings (SSSR count). The molecular formula is C16H22N4O2S. The van der Waals surface area contributed by atoms with Crippen LogP contribution in [0.15, 0.2) is 17.6 Å². The molecule has 2 aromatic heterocycles. The molecule has 1 saturated heterocycles. The van der Waals surface area contributed by atoms with Crippen molar-refractivity contribution in [2.24, 2.45) is 0 Å². The quantitative estimate of drug-likeness (QED) is 0.890. The molecule has 23 heavy (non-hydrogen) atoms. The zero-order valence-corrected chi connectivity index (χ0v) is 14.3. The average Bonchev–Trinajstić information content (AvgIpc) is 3.15. The highest BCUT2D eigenvalue weighted by atomic mass is 32.1. The minimum atomic E-state index is -0.329. The molecule has 0 saturated carbocycles. The lowest BCUT2D eigenvalue weighted by Gasteiger charge is -2.35. The Kier molecular flexibility index (Phi) is 4.79. The summed E-state index contributed by atoms with van der Waals surface area (Å²) < 4.78 is 0. The minimum absolute atomic E-state index is 0.0277. The SMILES string of the molecule is Cc1nc(-c2c[nH]c(C(=O)N3CCN(CC(C)O)CC3)c2)cs1. The second-order valence-electron chi connectivity index (χ2n) is 6.00. The fourth-order valence-electron chi connectivity index (χ4n) is 2.84. The second-order valence-corrected chi connectivity index (χ2v) is 7.06. The Morgan fingerprint density at radius 3 is 2.78 bits per heavy atom. The first-order chi connectivity index (χ1) is 11.0. The number of amides is 1. The van der Waals surface area contributed by atoms with Gasteiger partial charge in [0.1, 0.15) is 5.69 Å². The minimum Gasteiger partial charge on any atom is -0.392 e. The Balaban J connectivity index is 1.62. The number of H-pyrrole nitrogens is 1. The van der Waals surface area contributed by atoms with Crippen LogP contribution in [0.2, 0.25) is 0 Å². The standard InChI is InChI=1S/C16H22N4O2S/c1-11(21)9-19-3-5-20(6-4-19)16(22)14-7-13(8-17-14)15-10-23-12(2)18-15/h7-8,10-11,17,21H,3-6,9H2,1-2H3. The molecule has 7 heteroatoms. The van der Waals surface area contributed by atoms with E-state index >= 15 is 0 Å². The van der Waals surface area contributed by atoms with Crippen molar-refractivity contribution in [3.05, 3.63) is 28.3 Å². The third-order valence-corrected chi connectivity index (χ3v) is 4.78. The molecule has 0 radical (unpaired) electrons. The Bertz CT molecular complexity index is 671. The highest BCUT2D eigenvalue weighted by molar-refractivity contribution is 7.09. The molecule has 1 aliphatic heterocycles. The van der Waals surface area contributed by atoms with E-state index in [0.717, 1.165) is 29.4 Å². The molecule has 3 heterocycles. The van der Waals surface area contributed by atoms with Gasteiger partial charge >= 0.3 is 0 Å². The number of aryl methyl sites for hydroxylation is 1. The van der Waals surface area contributed by atoms with Crippen molar-refractivity contribution in [1.82, 2.24) is 19.8 Å². The average molecular weight is 334 g/mol. The van der Waals surface area contributed by atoms with Crippen LogP contribution in [0.1, 0.15) is 22.4 Å². The van der Waals surface area contributed by atoms with E-state index in [4.69, 9.17) is 0 Å². The molecule has 0 spiro atoms. The molecular weight excluding hydrogens is 312 g/mol. The lowest BCUT2D eigenvalue weighted by atomic mass is 10.2. The van der Waals surface area contributed by atoms with E-state index in [0.29, 0.717) is 25.3 Å². The van der Waals surface area contributed by atoms with Crippen LogP contribution in [0.5, 0.6) is 0 Å². The van der Waals surface area contributed by atoms with Crippen LogP contribution in [-0.4, -0.2) is 69.6 Å². The topological polar surface area (TPSA) is 72.5 Å². The van der Waals surface area contributed by atoms with Gasteiger partial charge in [0, 0.05) is 49.9 Å². The number of thiazole rings is 1. The lowest BCUT2D eigenvalue weighted by Crippen LogP contribution is -2.50. The number of aromatic amines is 1. The van der Waals surface area contributed by atoms with Gasteiger partial charge < -0.3 is 15.0 Å². The van der Waals surface area contributed by atoms with Crippen LogP contribution >= 0.6 is 11.3 Å². The molecule has 0 bridgehead atoms. The number of aliphatic hydroxyl groups is 1. The van der Waals surface area contributed by atoms with Crippen LogP contribution in [0.25, 0.3) is 11.3 Å². The van der Waals surface area contributed by atoms with Gasteiger partial charge in [0.05, 0.1) is 16.8 Å². The third-order valence-electron chi connectivity index (χ3n) is 4.01. The summed E-state index contributed by atoms with van der Waals surface area (Å²) in [5.41, 5.74) is 2.46. The van der Waals surface area contributed by atoms with E-state index < -0.39 is 0 Å². The number of nitrogens with one attached hydrogen (secondary N) is 1. The Morgan fingerprint density at radius 1 is 1.43 bits per heavy atom. The highest BCUT2D eigenvalue weighted by Gasteiger charge is 2.23. The summed E-state index contributed by atoms with van der Waals surface area (Å²) >= 11 is 1.60. The molecule has 1 fully saturated rings. The van der Waals surface area contributed by atoms with Gasteiger partial charge in [0.25, 0.3) is 5.91 Å². The van der Waals surface area contributed by atoms with Crippen molar-refractivity contribution >= 4 is 17.2 Å². The Morgan fingerprint density at radius 2 is 2.17 bits per heavy atom. The molecule has 1 aliphatic rings. The van der Waals surface area contributed by atoms with E-state index in [1.807, 2.05) is 29.5 Å². The fourth-order valence-corrected chi connectivity index (χ4v) is 3.46. The molecule has 6 nitrogen and oxygen atoms in total. The molecule has 1 amide bonds. The summed E-state index contributed by atoms with van der Waals surface area (Å²) in [5, 5.41) is 12.5. The summed E-state index contributed by atoms with van der Waals surface area (Å²) in [6, 6.07) is 1.87. The normalized spacial score (nSPS) is 17.4. The zero-order chi connectivity index (χ0) is 16.4. The summed E-state index contributed by atoms with van der Waals surface area (Å²) in [7, 11) is 0. The molecule has 2 N–H and O–H groups in total. The Labute approximate surface area is 139 Å². The van der Waals surface area contributed by atoms with Gasteiger partial charge in [-0.25, -0.2) is 4.98 Å². The number of rotatable bonds is 4. The summed E-state index contributed by atoms with van der Waals surface area (Å²) in [6.07, 6.45) is 1.51. The number of hydrogen-bond donors (Lipinski definition) is 2. The number of nitrogens with zero attached hydrogens (tertiary/aromatic N) is 3. The van der Waals surface area contributed by atoms with E-state index in [1.54, 1.807) is 18.3 Å². The van der Waals surface area contributed by atoms with Gasteiger partial charge in [0.15, 0.2) is 0 Å². The molecule has 0 aliphatic carbocycles. The maximum absolute atomic E-state index is 12.6. The first kappa shape index (κ1) is 16.2. The number of β-amino-alcohol motifs (C(OH)–C–C–N with tert-alkyl or cyclic N) is 1. The number of hydrogen-bond acceptors (Lipinski definition) is 5. The van der Waals surface area contributed by atoms with Crippen molar-refractivity contribution < 1.29 is 9.90 Å². The van der Waals surface area contributed by atoms with Gasteiger partial charge in [0.2, 0.25) is 0 Å². The predicted octanol–water partition coefficient (Wildman–Crippen LogP) is 1.59. The molecule has 1 unspecified atom stereocenters. The van der Waals surface area contributed by atoms with Crippen LogP contribution in [0, 0.1) is 6.92 Å². The first-order valence-corrected chi connectivity index (χ1v) is 8.71. The summed E-state index contributed by atoms with van der Waals surface area (Å²) in [6.45, 7) is 7.41. The number of carbonyl (C=O) groups excluding carboxylic acids is 1. The van der Waals surface area contributed by atoms with Crippen molar-refractivity contribution in [3.8, 4) is 11.3 Å². The largest absolute Gasteiger partial charge is 0.392 e. The van der Waals surface area contributed by atoms with Gasteiger partial charge in [-0.3, -0.25) is 9.69 Å². The van der Waals surface area contributed by atoms with Gasteiger partial charge in [-0.1, -0.05) is 0 Å². The molecule has 1 atom stereocenters. The van der Waals surface area contributed by atoms with Crippen molar-refractivity contribution in [3.63, 3.8) is 0 Å². The van der Waals surface area contributed by atoms with Crippen LogP contribution in [-0.2, 0) is 0 Å². The van der Waals surface area contributed by atoms with Crippen molar-refractivity contribution in [2.45, 2.75) is 20.0 Å². The molecule has 0 aromatic carbocycles. The zero-order valence-electron chi connectivity index (χ0n) is 13.5. The lowest BCUT2D eigenvalue weighted by molar-refractivity contribution is 0.0550. The van der Waals surface area contributed by atoms with E-state index in [-0.39, 0.29) is 12.0 Å². The maximum atomic E-state index is 12.6. The summed E-state index contributed by atoms with van der Waals surface area (Å²) in [4.78, 5) is 24.2.